The second-order valence-electron chi connectivity index (χ2n) is 6.42. The molecular weight excluding hydrogens is 344 g/mol. The second kappa shape index (κ2) is 7.86. The molecule has 1 heterocycles. The molecule has 0 fully saturated rings. The lowest BCUT2D eigenvalue weighted by Crippen LogP contribution is -2.42. The van der Waals surface area contributed by atoms with Gasteiger partial charge in [-0.15, -0.1) is 0 Å². The third kappa shape index (κ3) is 4.41. The number of ether oxygens (including phenoxy) is 1. The van der Waals surface area contributed by atoms with Crippen LogP contribution in [0.1, 0.15) is 39.6 Å². The lowest BCUT2D eigenvalue weighted by molar-refractivity contribution is -0.143. The number of hydrogen-bond acceptors (Lipinski definition) is 5. The smallest absolute Gasteiger partial charge is 0.356 e. The monoisotopic (exact) mass is 364 g/mol. The average Bonchev–Trinajstić information content (AvgIpc) is 2.67. The van der Waals surface area contributed by atoms with Crippen LogP contribution >= 0.6 is 0 Å². The van der Waals surface area contributed by atoms with Crippen molar-refractivity contribution in [1.29, 1.82) is 0 Å². The first kappa shape index (κ1) is 18.4. The van der Waals surface area contributed by atoms with Crippen LogP contribution in [0.2, 0.25) is 0 Å². The minimum Gasteiger partial charge on any atom is -0.444 e. The van der Waals surface area contributed by atoms with Crippen LogP contribution in [-0.2, 0) is 14.3 Å². The Labute approximate surface area is 157 Å². The number of esters is 1. The number of rotatable bonds is 5. The first-order valence-electron chi connectivity index (χ1n) is 8.57. The van der Waals surface area contributed by atoms with Gasteiger partial charge in [0.25, 0.3) is 0 Å². The molecule has 138 valence electrons. The van der Waals surface area contributed by atoms with Crippen molar-refractivity contribution in [3.8, 4) is 0 Å². The zero-order chi connectivity index (χ0) is 19.4. The number of Topliss-reactive ketones (excluding diaryl/α,β-unsaturated/α-hetero) is 1. The Balaban J connectivity index is 1.88. The van der Waals surface area contributed by atoms with E-state index in [2.05, 4.69) is 10.9 Å². The molecule has 1 aliphatic rings. The molecule has 0 aliphatic carbocycles. The predicted octanol–water partition coefficient (Wildman–Crippen LogP) is 2.68. The molecule has 0 unspecified atom stereocenters. The molecule has 2 N–H and O–H groups in total. The summed E-state index contributed by atoms with van der Waals surface area (Å²) in [7, 11) is 0. The van der Waals surface area contributed by atoms with Crippen molar-refractivity contribution in [2.24, 2.45) is 0 Å². The van der Waals surface area contributed by atoms with E-state index in [0.29, 0.717) is 11.1 Å². The highest BCUT2D eigenvalue weighted by atomic mass is 16.5. The number of aryl methyl sites for hydroxylation is 2. The maximum absolute atomic E-state index is 13.0. The number of carbonyl (C=O) groups is 3. The normalized spacial score (nSPS) is 14.4. The first-order chi connectivity index (χ1) is 12.9. The van der Waals surface area contributed by atoms with Crippen LogP contribution in [-0.4, -0.2) is 17.7 Å². The molecule has 0 spiro atoms. The Kier molecular flexibility index (Phi) is 5.35. The summed E-state index contributed by atoms with van der Waals surface area (Å²) in [5.41, 5.74) is 8.06. The van der Waals surface area contributed by atoms with Crippen molar-refractivity contribution in [3.63, 3.8) is 0 Å². The molecule has 6 nitrogen and oxygen atoms in total. The van der Waals surface area contributed by atoms with Gasteiger partial charge in [-0.1, -0.05) is 59.7 Å². The number of hydrogen-bond donors (Lipinski definition) is 2. The fourth-order valence-electron chi connectivity index (χ4n) is 2.62. The molecule has 2 aromatic rings. The number of ketones is 1. The minimum atomic E-state index is -1.08. The largest absolute Gasteiger partial charge is 0.444 e. The molecule has 1 aliphatic heterocycles. The lowest BCUT2D eigenvalue weighted by atomic mass is 9.98. The highest BCUT2D eigenvalue weighted by molar-refractivity contribution is 6.02. The number of carbonyl (C=O) groups excluding carboxylic acids is 3. The van der Waals surface area contributed by atoms with Crippen LogP contribution in [0.5, 0.6) is 0 Å². The fraction of sp³-hybridized carbons (Fsp3) is 0.190. The highest BCUT2D eigenvalue weighted by Gasteiger charge is 2.28. The standard InChI is InChI=1S/C21H20N2O4/c1-13-3-7-15(8-4-13)19(25)20(16-9-5-14(2)6-10-16)27-21(26)17-11-12-18(24)23-22-17/h3-11,20,22H,12H2,1-2H3,(H,23,24)/t20-/m0/s1. The molecule has 6 heteroatoms. The number of benzene rings is 2. The van der Waals surface area contributed by atoms with Gasteiger partial charge in [0.2, 0.25) is 11.7 Å². The van der Waals surface area contributed by atoms with Crippen LogP contribution < -0.4 is 10.9 Å². The maximum Gasteiger partial charge on any atom is 0.356 e. The SMILES string of the molecule is Cc1ccc(C(=O)[C@@H](OC(=O)C2=CCC(=O)NN2)c2ccc(C)cc2)cc1. The van der Waals surface area contributed by atoms with Gasteiger partial charge >= 0.3 is 5.97 Å². The van der Waals surface area contributed by atoms with Crippen molar-refractivity contribution in [2.75, 3.05) is 0 Å². The predicted molar refractivity (Wildman–Crippen MR) is 99.5 cm³/mol. The van der Waals surface area contributed by atoms with Gasteiger partial charge in [-0.25, -0.2) is 4.79 Å². The number of hydrazine groups is 1. The van der Waals surface area contributed by atoms with Crippen LogP contribution in [0.3, 0.4) is 0 Å². The molecule has 0 saturated heterocycles. The summed E-state index contributed by atoms with van der Waals surface area (Å²) < 4.78 is 5.53. The lowest BCUT2D eigenvalue weighted by Gasteiger charge is -2.21. The topological polar surface area (TPSA) is 84.5 Å². The van der Waals surface area contributed by atoms with Gasteiger partial charge in [0, 0.05) is 17.5 Å². The molecule has 0 radical (unpaired) electrons. The molecule has 1 atom stereocenters. The van der Waals surface area contributed by atoms with Gasteiger partial charge in [-0.2, -0.15) is 0 Å². The molecule has 0 saturated carbocycles. The third-order valence-electron chi connectivity index (χ3n) is 4.23. The maximum atomic E-state index is 13.0. The zero-order valence-corrected chi connectivity index (χ0v) is 15.1. The van der Waals surface area contributed by atoms with E-state index in [9.17, 15) is 14.4 Å². The van der Waals surface area contributed by atoms with Crippen molar-refractivity contribution < 1.29 is 19.1 Å². The molecule has 2 aromatic carbocycles. The molecule has 1 amide bonds. The highest BCUT2D eigenvalue weighted by Crippen LogP contribution is 2.24. The van der Waals surface area contributed by atoms with Gasteiger partial charge in [-0.3, -0.25) is 20.4 Å². The van der Waals surface area contributed by atoms with E-state index in [1.54, 1.807) is 24.3 Å². The van der Waals surface area contributed by atoms with Crippen molar-refractivity contribution in [2.45, 2.75) is 26.4 Å². The van der Waals surface area contributed by atoms with Gasteiger partial charge in [-0.05, 0) is 19.9 Å². The Hall–Kier alpha value is -3.41. The summed E-state index contributed by atoms with van der Waals surface area (Å²) in [6.45, 7) is 3.87. The van der Waals surface area contributed by atoms with E-state index in [1.807, 2.05) is 38.1 Å². The molecule has 0 bridgehead atoms. The summed E-state index contributed by atoms with van der Waals surface area (Å²) in [6.07, 6.45) is 0.420. The zero-order valence-electron chi connectivity index (χ0n) is 15.1. The Morgan fingerprint density at radius 3 is 2.07 bits per heavy atom. The molecule has 3 rings (SSSR count). The van der Waals surface area contributed by atoms with Crippen LogP contribution in [0.4, 0.5) is 0 Å². The Morgan fingerprint density at radius 1 is 0.926 bits per heavy atom. The van der Waals surface area contributed by atoms with Gasteiger partial charge in [0.05, 0.1) is 0 Å². The van der Waals surface area contributed by atoms with Crippen molar-refractivity contribution >= 4 is 17.7 Å². The van der Waals surface area contributed by atoms with E-state index in [1.165, 1.54) is 6.08 Å². The molecule has 27 heavy (non-hydrogen) atoms. The summed E-state index contributed by atoms with van der Waals surface area (Å²) in [6, 6.07) is 14.3. The number of amides is 1. The second-order valence-corrected chi connectivity index (χ2v) is 6.42. The minimum absolute atomic E-state index is 0.0680. The van der Waals surface area contributed by atoms with E-state index >= 15 is 0 Å². The average molecular weight is 364 g/mol. The summed E-state index contributed by atoms with van der Waals surface area (Å²) in [5, 5.41) is 0. The third-order valence-corrected chi connectivity index (χ3v) is 4.23. The first-order valence-corrected chi connectivity index (χ1v) is 8.57. The van der Waals surface area contributed by atoms with Gasteiger partial charge in [0.15, 0.2) is 6.10 Å². The van der Waals surface area contributed by atoms with E-state index in [-0.39, 0.29) is 23.8 Å². The molecule has 0 aromatic heterocycles. The quantitative estimate of drug-likeness (QED) is 0.629. The van der Waals surface area contributed by atoms with Gasteiger partial charge in [0.1, 0.15) is 5.70 Å². The van der Waals surface area contributed by atoms with Crippen molar-refractivity contribution in [3.05, 3.63) is 82.6 Å². The van der Waals surface area contributed by atoms with Crippen molar-refractivity contribution in [1.82, 2.24) is 10.9 Å². The van der Waals surface area contributed by atoms with Crippen LogP contribution in [0.25, 0.3) is 0 Å². The summed E-state index contributed by atoms with van der Waals surface area (Å²) >= 11 is 0. The van der Waals surface area contributed by atoms with E-state index in [0.717, 1.165) is 11.1 Å². The van der Waals surface area contributed by atoms with Gasteiger partial charge < -0.3 is 4.74 Å². The number of nitrogens with one attached hydrogen (secondary N) is 2. The fourth-order valence-corrected chi connectivity index (χ4v) is 2.62. The summed E-state index contributed by atoms with van der Waals surface area (Å²) in [5.74, 6) is -1.27. The van der Waals surface area contributed by atoms with E-state index in [4.69, 9.17) is 4.74 Å². The van der Waals surface area contributed by atoms with E-state index < -0.39 is 12.1 Å². The molecular formula is C21H20N2O4. The Bertz CT molecular complexity index is 899. The Morgan fingerprint density at radius 2 is 1.52 bits per heavy atom. The summed E-state index contributed by atoms with van der Waals surface area (Å²) in [4.78, 5) is 36.7. The van der Waals surface area contributed by atoms with Crippen LogP contribution in [0, 0.1) is 13.8 Å². The van der Waals surface area contributed by atoms with Crippen LogP contribution in [0.15, 0.2) is 60.3 Å².